The Morgan fingerprint density at radius 2 is 2.00 bits per heavy atom. The van der Waals surface area contributed by atoms with Gasteiger partial charge in [0, 0.05) is 10.4 Å². The maximum Gasteiger partial charge on any atom is 0.243 e. The van der Waals surface area contributed by atoms with Gasteiger partial charge in [-0.25, -0.2) is 5.43 Å². The molecule has 1 unspecified atom stereocenters. The first-order chi connectivity index (χ1) is 9.66. The summed E-state index contributed by atoms with van der Waals surface area (Å²) in [5, 5.41) is 4.25. The van der Waals surface area contributed by atoms with E-state index in [-0.39, 0.29) is 11.8 Å². The summed E-state index contributed by atoms with van der Waals surface area (Å²) in [5.41, 5.74) is 4.61. The molecule has 1 amide bonds. The standard InChI is InChI=1S/C16H19BrN2O/c1-10(11-5-4-6-12(17)9-11)18-19-16(20)15-13-7-2-3-8-14(13)15/h4-6,9,13-15H,2-3,7-8H2,1H3,(H,19,20)/b18-10-/t13-,14+,15?. The van der Waals surface area contributed by atoms with Crippen molar-refractivity contribution in [3.63, 3.8) is 0 Å². The Kier molecular flexibility index (Phi) is 3.92. The average molecular weight is 335 g/mol. The van der Waals surface area contributed by atoms with Gasteiger partial charge in [0.15, 0.2) is 0 Å². The predicted molar refractivity (Wildman–Crippen MR) is 83.4 cm³/mol. The van der Waals surface area contributed by atoms with Crippen LogP contribution in [0, 0.1) is 17.8 Å². The number of halogens is 1. The van der Waals surface area contributed by atoms with Gasteiger partial charge in [-0.3, -0.25) is 4.79 Å². The van der Waals surface area contributed by atoms with Gasteiger partial charge in [-0.2, -0.15) is 5.10 Å². The highest BCUT2D eigenvalue weighted by Gasteiger charge is 2.54. The molecule has 1 N–H and O–H groups in total. The normalized spacial score (nSPS) is 28.7. The first-order valence-corrected chi connectivity index (χ1v) is 8.06. The molecular formula is C16H19BrN2O. The molecule has 4 heteroatoms. The fourth-order valence-electron chi connectivity index (χ4n) is 3.37. The lowest BCUT2D eigenvalue weighted by molar-refractivity contribution is -0.122. The highest BCUT2D eigenvalue weighted by atomic mass is 79.9. The van der Waals surface area contributed by atoms with Crippen LogP contribution in [-0.2, 0) is 4.79 Å². The van der Waals surface area contributed by atoms with Crippen LogP contribution < -0.4 is 5.43 Å². The van der Waals surface area contributed by atoms with Gasteiger partial charge >= 0.3 is 0 Å². The first kappa shape index (κ1) is 13.8. The van der Waals surface area contributed by atoms with Crippen molar-refractivity contribution < 1.29 is 4.79 Å². The van der Waals surface area contributed by atoms with Crippen LogP contribution in [0.1, 0.15) is 38.2 Å². The zero-order chi connectivity index (χ0) is 14.1. The van der Waals surface area contributed by atoms with E-state index < -0.39 is 0 Å². The van der Waals surface area contributed by atoms with Gasteiger partial charge in [-0.15, -0.1) is 0 Å². The van der Waals surface area contributed by atoms with Gasteiger partial charge in [0.05, 0.1) is 5.71 Å². The summed E-state index contributed by atoms with van der Waals surface area (Å²) < 4.78 is 1.02. The Balaban J connectivity index is 1.61. The summed E-state index contributed by atoms with van der Waals surface area (Å²) in [7, 11) is 0. The van der Waals surface area contributed by atoms with Crippen LogP contribution in [0.15, 0.2) is 33.8 Å². The molecule has 1 aromatic carbocycles. The smallest absolute Gasteiger partial charge is 0.243 e. The molecule has 3 nitrogen and oxygen atoms in total. The van der Waals surface area contributed by atoms with Crippen LogP contribution in [0.2, 0.25) is 0 Å². The highest BCUT2D eigenvalue weighted by molar-refractivity contribution is 9.10. The fraction of sp³-hybridized carbons (Fsp3) is 0.500. The van der Waals surface area contributed by atoms with Gasteiger partial charge in [0.25, 0.3) is 0 Å². The highest BCUT2D eigenvalue weighted by Crippen LogP contribution is 2.55. The van der Waals surface area contributed by atoms with Crippen molar-refractivity contribution in [3.05, 3.63) is 34.3 Å². The van der Waals surface area contributed by atoms with E-state index in [4.69, 9.17) is 0 Å². The van der Waals surface area contributed by atoms with Crippen molar-refractivity contribution in [2.24, 2.45) is 22.9 Å². The second kappa shape index (κ2) is 5.68. The van der Waals surface area contributed by atoms with Crippen LogP contribution in [0.3, 0.4) is 0 Å². The molecule has 3 rings (SSSR count). The van der Waals surface area contributed by atoms with Gasteiger partial charge in [0.2, 0.25) is 5.91 Å². The number of amides is 1. The molecule has 2 fully saturated rings. The SMILES string of the molecule is C/C(=N/NC(=O)C1[C@H]2CCCC[C@@H]12)c1cccc(Br)c1. The van der Waals surface area contributed by atoms with E-state index in [2.05, 4.69) is 26.5 Å². The van der Waals surface area contributed by atoms with Crippen molar-refractivity contribution in [2.45, 2.75) is 32.6 Å². The molecule has 2 aliphatic carbocycles. The minimum atomic E-state index is 0.108. The number of benzene rings is 1. The predicted octanol–water partition coefficient (Wildman–Crippen LogP) is 3.73. The number of hydrogen-bond donors (Lipinski definition) is 1. The monoisotopic (exact) mass is 334 g/mol. The first-order valence-electron chi connectivity index (χ1n) is 7.27. The molecule has 0 radical (unpaired) electrons. The zero-order valence-corrected chi connectivity index (χ0v) is 13.2. The number of carbonyl (C=O) groups is 1. The van der Waals surface area contributed by atoms with E-state index in [1.54, 1.807) is 0 Å². The summed E-state index contributed by atoms with van der Waals surface area (Å²) in [6.45, 7) is 1.92. The minimum Gasteiger partial charge on any atom is -0.273 e. The van der Waals surface area contributed by atoms with E-state index in [1.165, 1.54) is 25.7 Å². The van der Waals surface area contributed by atoms with Crippen LogP contribution in [0.4, 0.5) is 0 Å². The molecule has 1 aromatic rings. The molecule has 0 spiro atoms. The summed E-state index contributed by atoms with van der Waals surface area (Å²) in [6, 6.07) is 7.94. The maximum absolute atomic E-state index is 12.1. The summed E-state index contributed by atoms with van der Waals surface area (Å²) in [6.07, 6.45) is 5.00. The molecule has 0 aliphatic heterocycles. The molecular weight excluding hydrogens is 316 g/mol. The Morgan fingerprint density at radius 1 is 1.30 bits per heavy atom. The molecule has 2 saturated carbocycles. The number of nitrogens with one attached hydrogen (secondary N) is 1. The largest absolute Gasteiger partial charge is 0.273 e. The number of nitrogens with zero attached hydrogens (tertiary/aromatic N) is 1. The van der Waals surface area contributed by atoms with Crippen molar-refractivity contribution in [2.75, 3.05) is 0 Å². The Morgan fingerprint density at radius 3 is 2.65 bits per heavy atom. The molecule has 2 aliphatic rings. The van der Waals surface area contributed by atoms with E-state index >= 15 is 0 Å². The maximum atomic E-state index is 12.1. The number of hydrogen-bond acceptors (Lipinski definition) is 2. The lowest BCUT2D eigenvalue weighted by atomic mass is 10.0. The van der Waals surface area contributed by atoms with Crippen LogP contribution in [0.25, 0.3) is 0 Å². The summed E-state index contributed by atoms with van der Waals surface area (Å²) in [5.74, 6) is 1.59. The molecule has 0 saturated heterocycles. The third-order valence-electron chi connectivity index (χ3n) is 4.54. The minimum absolute atomic E-state index is 0.108. The fourth-order valence-corrected chi connectivity index (χ4v) is 3.77. The topological polar surface area (TPSA) is 41.5 Å². The average Bonchev–Trinajstić information content (AvgIpc) is 3.19. The van der Waals surface area contributed by atoms with E-state index in [0.29, 0.717) is 11.8 Å². The second-order valence-corrected chi connectivity index (χ2v) is 6.74. The summed E-state index contributed by atoms with van der Waals surface area (Å²) in [4.78, 5) is 12.1. The number of hydrazone groups is 1. The van der Waals surface area contributed by atoms with Crippen molar-refractivity contribution in [3.8, 4) is 0 Å². The van der Waals surface area contributed by atoms with Crippen LogP contribution in [0.5, 0.6) is 0 Å². The molecule has 20 heavy (non-hydrogen) atoms. The molecule has 0 heterocycles. The van der Waals surface area contributed by atoms with E-state index in [1.807, 2.05) is 31.2 Å². The second-order valence-electron chi connectivity index (χ2n) is 5.82. The Labute approximate surface area is 128 Å². The molecule has 3 atom stereocenters. The Hall–Kier alpha value is -1.16. The van der Waals surface area contributed by atoms with Crippen molar-refractivity contribution >= 4 is 27.5 Å². The number of fused-ring (bicyclic) bond motifs is 1. The molecule has 0 bridgehead atoms. The Bertz CT molecular complexity index is 543. The third kappa shape index (κ3) is 2.80. The van der Waals surface area contributed by atoms with Gasteiger partial charge < -0.3 is 0 Å². The number of rotatable bonds is 3. The third-order valence-corrected chi connectivity index (χ3v) is 5.03. The van der Waals surface area contributed by atoms with Gasteiger partial charge in [-0.05, 0) is 49.3 Å². The number of carbonyl (C=O) groups excluding carboxylic acids is 1. The quantitative estimate of drug-likeness (QED) is 0.664. The van der Waals surface area contributed by atoms with Crippen molar-refractivity contribution in [1.29, 1.82) is 0 Å². The van der Waals surface area contributed by atoms with Crippen molar-refractivity contribution in [1.82, 2.24) is 5.43 Å². The lowest BCUT2D eigenvalue weighted by Gasteiger charge is -2.04. The lowest BCUT2D eigenvalue weighted by Crippen LogP contribution is -2.22. The molecule has 106 valence electrons. The molecule has 0 aromatic heterocycles. The zero-order valence-electron chi connectivity index (χ0n) is 11.6. The van der Waals surface area contributed by atoms with E-state index in [9.17, 15) is 4.79 Å². The van der Waals surface area contributed by atoms with Crippen LogP contribution in [-0.4, -0.2) is 11.6 Å². The summed E-state index contributed by atoms with van der Waals surface area (Å²) >= 11 is 3.44. The van der Waals surface area contributed by atoms with Gasteiger partial charge in [-0.1, -0.05) is 40.9 Å². The van der Waals surface area contributed by atoms with E-state index in [0.717, 1.165) is 15.7 Å². The van der Waals surface area contributed by atoms with Gasteiger partial charge in [0.1, 0.15) is 0 Å². The van der Waals surface area contributed by atoms with Crippen LogP contribution >= 0.6 is 15.9 Å².